The van der Waals surface area contributed by atoms with Crippen LogP contribution in [0.25, 0.3) is 10.9 Å². The van der Waals surface area contributed by atoms with Crippen molar-refractivity contribution in [3.8, 4) is 0 Å². The molecule has 0 spiro atoms. The van der Waals surface area contributed by atoms with Gasteiger partial charge in [-0.3, -0.25) is 5.10 Å². The van der Waals surface area contributed by atoms with Crippen LogP contribution >= 0.6 is 0 Å². The highest BCUT2D eigenvalue weighted by Crippen LogP contribution is 2.27. The zero-order valence-corrected chi connectivity index (χ0v) is 12.4. The Balaban J connectivity index is 1.88. The Morgan fingerprint density at radius 1 is 1.45 bits per heavy atom. The lowest BCUT2D eigenvalue weighted by atomic mass is 10.1. The highest BCUT2D eigenvalue weighted by Gasteiger charge is 2.20. The van der Waals surface area contributed by atoms with Crippen LogP contribution in [0.5, 0.6) is 0 Å². The number of nitrogen functional groups attached to an aromatic ring is 1. The quantitative estimate of drug-likeness (QED) is 0.658. The van der Waals surface area contributed by atoms with Gasteiger partial charge in [-0.25, -0.2) is 4.79 Å². The Morgan fingerprint density at radius 2 is 2.23 bits per heavy atom. The molecule has 1 saturated heterocycles. The molecule has 1 aromatic heterocycles. The van der Waals surface area contributed by atoms with Crippen LogP contribution in [0.1, 0.15) is 29.4 Å². The molecular weight excluding hydrogens is 286 g/mol. The molecule has 0 bridgehead atoms. The third-order valence-corrected chi connectivity index (χ3v) is 3.62. The third-order valence-electron chi connectivity index (χ3n) is 3.62. The number of carbonyl (C=O) groups is 1. The summed E-state index contributed by atoms with van der Waals surface area (Å²) in [5.41, 5.74) is 8.48. The van der Waals surface area contributed by atoms with E-state index in [1.165, 1.54) is 0 Å². The van der Waals surface area contributed by atoms with Crippen LogP contribution in [-0.2, 0) is 20.6 Å². The van der Waals surface area contributed by atoms with Gasteiger partial charge in [0.1, 0.15) is 5.52 Å². The number of nitrogens with one attached hydrogen (secondary N) is 1. The summed E-state index contributed by atoms with van der Waals surface area (Å²) in [4.78, 5) is 11.9. The van der Waals surface area contributed by atoms with Crippen LogP contribution in [0.2, 0.25) is 0 Å². The van der Waals surface area contributed by atoms with Gasteiger partial charge in [-0.2, -0.15) is 5.10 Å². The first-order valence-corrected chi connectivity index (χ1v) is 7.36. The molecule has 2 aromatic rings. The molecule has 1 aliphatic rings. The van der Waals surface area contributed by atoms with Crippen molar-refractivity contribution in [2.75, 3.05) is 25.6 Å². The van der Waals surface area contributed by atoms with Crippen molar-refractivity contribution in [2.45, 2.75) is 26.1 Å². The second-order valence-electron chi connectivity index (χ2n) is 5.08. The van der Waals surface area contributed by atoms with Crippen LogP contribution in [-0.4, -0.2) is 42.3 Å². The van der Waals surface area contributed by atoms with E-state index < -0.39 is 5.97 Å². The van der Waals surface area contributed by atoms with Crippen molar-refractivity contribution in [2.24, 2.45) is 0 Å². The molecular formula is C15H19N3O4. The Morgan fingerprint density at radius 3 is 2.95 bits per heavy atom. The highest BCUT2D eigenvalue weighted by molar-refractivity contribution is 6.05. The first-order valence-electron chi connectivity index (χ1n) is 7.36. The number of nitrogens with two attached hydrogens (primary N) is 1. The molecule has 0 atom stereocenters. The first-order chi connectivity index (χ1) is 10.7. The van der Waals surface area contributed by atoms with Gasteiger partial charge in [-0.15, -0.1) is 0 Å². The fraction of sp³-hybridized carbons (Fsp3) is 0.467. The summed E-state index contributed by atoms with van der Waals surface area (Å²) in [7, 11) is 0. The number of hydrogen-bond donors (Lipinski definition) is 2. The molecule has 3 rings (SSSR count). The molecule has 7 nitrogen and oxygen atoms in total. The Kier molecular flexibility index (Phi) is 4.26. The minimum Gasteiger partial charge on any atom is -0.461 e. The molecule has 0 saturated carbocycles. The number of rotatable bonds is 4. The summed E-state index contributed by atoms with van der Waals surface area (Å²) in [6, 6.07) is 3.69. The summed E-state index contributed by atoms with van der Waals surface area (Å²) in [5.74, 6) is -0.434. The second-order valence-corrected chi connectivity index (χ2v) is 5.08. The largest absolute Gasteiger partial charge is 0.461 e. The van der Waals surface area contributed by atoms with Gasteiger partial charge < -0.3 is 19.9 Å². The molecule has 0 amide bonds. The standard InChI is InChI=1S/C15H19N3O4/c1-2-20-15(19)14-10-5-4-9(12(16)13(10)17-18-14)8-11-21-6-3-7-22-11/h4-5,11H,2-3,6-8,16H2,1H3,(H,17,18). The van der Waals surface area contributed by atoms with Crippen LogP contribution in [0, 0.1) is 0 Å². The number of esters is 1. The maximum absolute atomic E-state index is 11.9. The minimum atomic E-state index is -0.434. The van der Waals surface area contributed by atoms with E-state index in [9.17, 15) is 4.79 Å². The summed E-state index contributed by atoms with van der Waals surface area (Å²) in [5, 5.41) is 7.50. The summed E-state index contributed by atoms with van der Waals surface area (Å²) in [6.45, 7) is 3.46. The maximum atomic E-state index is 11.9. The minimum absolute atomic E-state index is 0.281. The second kappa shape index (κ2) is 6.33. The Bertz CT molecular complexity index is 677. The zero-order chi connectivity index (χ0) is 15.5. The molecule has 1 aliphatic heterocycles. The third kappa shape index (κ3) is 2.77. The fourth-order valence-electron chi connectivity index (χ4n) is 2.51. The molecule has 22 heavy (non-hydrogen) atoms. The number of H-pyrrole nitrogens is 1. The predicted octanol–water partition coefficient (Wildman–Crippen LogP) is 1.63. The molecule has 2 heterocycles. The van der Waals surface area contributed by atoms with Gasteiger partial charge in [0.05, 0.1) is 25.5 Å². The first kappa shape index (κ1) is 14.8. The van der Waals surface area contributed by atoms with Gasteiger partial charge in [-0.05, 0) is 25.0 Å². The Labute approximate surface area is 127 Å². The molecule has 7 heteroatoms. The smallest absolute Gasteiger partial charge is 0.356 e. The number of fused-ring (bicyclic) bond motifs is 1. The van der Waals surface area contributed by atoms with Gasteiger partial charge in [0.25, 0.3) is 0 Å². The van der Waals surface area contributed by atoms with Crippen LogP contribution < -0.4 is 5.73 Å². The molecule has 118 valence electrons. The lowest BCUT2D eigenvalue weighted by molar-refractivity contribution is -0.176. The molecule has 3 N–H and O–H groups in total. The van der Waals surface area contributed by atoms with E-state index in [0.717, 1.165) is 12.0 Å². The topological polar surface area (TPSA) is 99.5 Å². The molecule has 0 unspecified atom stereocenters. The van der Waals surface area contributed by atoms with Gasteiger partial charge >= 0.3 is 5.97 Å². The van der Waals surface area contributed by atoms with Crippen LogP contribution in [0.4, 0.5) is 5.69 Å². The van der Waals surface area contributed by atoms with Crippen LogP contribution in [0.3, 0.4) is 0 Å². The lowest BCUT2D eigenvalue weighted by Crippen LogP contribution is -2.27. The summed E-state index contributed by atoms with van der Waals surface area (Å²) >= 11 is 0. The average Bonchev–Trinajstić information content (AvgIpc) is 2.96. The van der Waals surface area contributed by atoms with Crippen molar-refractivity contribution >= 4 is 22.6 Å². The molecule has 0 radical (unpaired) electrons. The van der Waals surface area contributed by atoms with E-state index in [1.54, 1.807) is 6.92 Å². The summed E-state index contributed by atoms with van der Waals surface area (Å²) < 4.78 is 16.1. The highest BCUT2D eigenvalue weighted by atomic mass is 16.7. The van der Waals surface area contributed by atoms with E-state index in [2.05, 4.69) is 10.2 Å². The number of carbonyl (C=O) groups excluding carboxylic acids is 1. The van der Waals surface area contributed by atoms with Crippen molar-refractivity contribution in [1.82, 2.24) is 10.2 Å². The number of nitrogens with zero attached hydrogens (tertiary/aromatic N) is 1. The Hall–Kier alpha value is -2.12. The van der Waals surface area contributed by atoms with E-state index in [4.69, 9.17) is 19.9 Å². The number of hydrogen-bond acceptors (Lipinski definition) is 6. The van der Waals surface area contributed by atoms with Crippen molar-refractivity contribution < 1.29 is 19.0 Å². The maximum Gasteiger partial charge on any atom is 0.356 e. The van der Waals surface area contributed by atoms with Crippen LogP contribution in [0.15, 0.2) is 12.1 Å². The van der Waals surface area contributed by atoms with E-state index in [0.29, 0.717) is 48.5 Å². The molecule has 1 fully saturated rings. The monoisotopic (exact) mass is 305 g/mol. The van der Waals surface area contributed by atoms with E-state index in [1.807, 2.05) is 12.1 Å². The number of anilines is 1. The van der Waals surface area contributed by atoms with Gasteiger partial charge in [0.2, 0.25) is 0 Å². The summed E-state index contributed by atoms with van der Waals surface area (Å²) in [6.07, 6.45) is 1.19. The van der Waals surface area contributed by atoms with Crippen molar-refractivity contribution in [3.63, 3.8) is 0 Å². The normalized spacial score (nSPS) is 16.0. The van der Waals surface area contributed by atoms with E-state index >= 15 is 0 Å². The van der Waals surface area contributed by atoms with Crippen molar-refractivity contribution in [1.29, 1.82) is 0 Å². The molecule has 0 aliphatic carbocycles. The SMILES string of the molecule is CCOC(=O)c1[nH]nc2c(N)c(CC3OCCCO3)ccc12. The number of ether oxygens (including phenoxy) is 3. The zero-order valence-electron chi connectivity index (χ0n) is 12.4. The van der Waals surface area contributed by atoms with E-state index in [-0.39, 0.29) is 6.29 Å². The van der Waals surface area contributed by atoms with Gasteiger partial charge in [0, 0.05) is 11.8 Å². The number of aromatic amines is 1. The van der Waals surface area contributed by atoms with Gasteiger partial charge in [-0.1, -0.05) is 6.07 Å². The lowest BCUT2D eigenvalue weighted by Gasteiger charge is -2.23. The average molecular weight is 305 g/mol. The predicted molar refractivity (Wildman–Crippen MR) is 80.5 cm³/mol. The van der Waals surface area contributed by atoms with Crippen molar-refractivity contribution in [3.05, 3.63) is 23.4 Å². The van der Waals surface area contributed by atoms with Gasteiger partial charge in [0.15, 0.2) is 12.0 Å². The molecule has 1 aromatic carbocycles. The fourth-order valence-corrected chi connectivity index (χ4v) is 2.51. The number of aromatic nitrogens is 2. The number of benzene rings is 1.